The fraction of sp³-hybridized carbons (Fsp3) is 0.300. The van der Waals surface area contributed by atoms with E-state index in [2.05, 4.69) is 9.84 Å². The van der Waals surface area contributed by atoms with E-state index in [-0.39, 0.29) is 5.57 Å². The molecule has 0 radical (unpaired) electrons. The van der Waals surface area contributed by atoms with Crippen LogP contribution in [-0.4, -0.2) is 22.9 Å². The van der Waals surface area contributed by atoms with E-state index in [1.54, 1.807) is 30.9 Å². The summed E-state index contributed by atoms with van der Waals surface area (Å²) in [5.74, 6) is -0.629. The molecule has 0 aromatic carbocycles. The lowest BCUT2D eigenvalue weighted by Gasteiger charge is -2.04. The van der Waals surface area contributed by atoms with Gasteiger partial charge in [0.25, 0.3) is 0 Å². The highest BCUT2D eigenvalue weighted by molar-refractivity contribution is 6.00. The Balaban J connectivity index is 3.25. The van der Waals surface area contributed by atoms with Crippen molar-refractivity contribution in [2.45, 2.75) is 6.92 Å². The van der Waals surface area contributed by atoms with E-state index in [0.717, 1.165) is 5.69 Å². The van der Waals surface area contributed by atoms with E-state index in [1.807, 2.05) is 6.07 Å². The molecule has 5 nitrogen and oxygen atoms in total. The van der Waals surface area contributed by atoms with Crippen LogP contribution in [0.25, 0.3) is 5.57 Å². The first kappa shape index (κ1) is 11.0. The fourth-order valence-corrected chi connectivity index (χ4v) is 1.25. The number of allylic oxidation sites excluding steroid dienone is 1. The number of esters is 1. The van der Waals surface area contributed by atoms with Crippen molar-refractivity contribution in [1.29, 1.82) is 5.26 Å². The number of aryl methyl sites for hydroxylation is 1. The topological polar surface area (TPSA) is 67.9 Å². The van der Waals surface area contributed by atoms with Crippen molar-refractivity contribution in [2.75, 3.05) is 7.11 Å². The molecule has 1 rings (SSSR count). The van der Waals surface area contributed by atoms with Crippen molar-refractivity contribution in [3.05, 3.63) is 23.5 Å². The minimum Gasteiger partial charge on any atom is -0.465 e. The third-order valence-electron chi connectivity index (χ3n) is 2.08. The Morgan fingerprint density at radius 1 is 1.67 bits per heavy atom. The number of aromatic nitrogens is 2. The Morgan fingerprint density at radius 2 is 2.33 bits per heavy atom. The molecule has 0 N–H and O–H groups in total. The van der Waals surface area contributed by atoms with Gasteiger partial charge >= 0.3 is 5.97 Å². The summed E-state index contributed by atoms with van der Waals surface area (Å²) in [6.07, 6.45) is 1.60. The van der Waals surface area contributed by atoms with Crippen LogP contribution in [0.15, 0.2) is 17.8 Å². The second kappa shape index (κ2) is 4.42. The maximum atomic E-state index is 11.3. The van der Waals surface area contributed by atoms with Crippen LogP contribution in [-0.2, 0) is 16.6 Å². The number of carbonyl (C=O) groups is 1. The van der Waals surface area contributed by atoms with Crippen LogP contribution in [0.1, 0.15) is 12.6 Å². The highest BCUT2D eigenvalue weighted by Gasteiger charge is 2.15. The molecular formula is C10H11N3O2. The zero-order valence-electron chi connectivity index (χ0n) is 8.81. The zero-order valence-corrected chi connectivity index (χ0v) is 8.81. The Labute approximate surface area is 87.6 Å². The molecule has 0 aliphatic carbocycles. The molecule has 0 aliphatic rings. The van der Waals surface area contributed by atoms with E-state index in [0.29, 0.717) is 5.57 Å². The first-order valence-corrected chi connectivity index (χ1v) is 4.29. The van der Waals surface area contributed by atoms with Crippen LogP contribution < -0.4 is 0 Å². The smallest absolute Gasteiger partial charge is 0.348 e. The molecule has 0 bridgehead atoms. The SMILES string of the molecule is COC(=O)/C(C#N)=C(\C)c1ccnn1C. The summed E-state index contributed by atoms with van der Waals surface area (Å²) in [7, 11) is 2.99. The maximum absolute atomic E-state index is 11.3. The number of nitrogens with zero attached hydrogens (tertiary/aromatic N) is 3. The third kappa shape index (κ3) is 2.05. The van der Waals surface area contributed by atoms with Gasteiger partial charge in [-0.25, -0.2) is 4.79 Å². The summed E-state index contributed by atoms with van der Waals surface area (Å²) >= 11 is 0. The number of ether oxygens (including phenoxy) is 1. The molecule has 0 spiro atoms. The van der Waals surface area contributed by atoms with Gasteiger partial charge in [-0.15, -0.1) is 0 Å². The molecule has 1 heterocycles. The predicted molar refractivity (Wildman–Crippen MR) is 53.4 cm³/mol. The number of carbonyl (C=O) groups excluding carboxylic acids is 1. The summed E-state index contributed by atoms with van der Waals surface area (Å²) in [4.78, 5) is 11.3. The van der Waals surface area contributed by atoms with Gasteiger partial charge in [-0.2, -0.15) is 10.4 Å². The van der Waals surface area contributed by atoms with Crippen molar-refractivity contribution >= 4 is 11.5 Å². The van der Waals surface area contributed by atoms with Gasteiger partial charge < -0.3 is 4.74 Å². The van der Waals surface area contributed by atoms with E-state index >= 15 is 0 Å². The first-order chi connectivity index (χ1) is 7.11. The average Bonchev–Trinajstić information content (AvgIpc) is 2.65. The average molecular weight is 205 g/mol. The van der Waals surface area contributed by atoms with Crippen molar-refractivity contribution in [2.24, 2.45) is 7.05 Å². The van der Waals surface area contributed by atoms with Gasteiger partial charge in [-0.05, 0) is 18.6 Å². The van der Waals surface area contributed by atoms with Gasteiger partial charge in [0.05, 0.1) is 12.8 Å². The van der Waals surface area contributed by atoms with Crippen LogP contribution in [0.2, 0.25) is 0 Å². The largest absolute Gasteiger partial charge is 0.465 e. The van der Waals surface area contributed by atoms with Crippen molar-refractivity contribution in [3.8, 4) is 6.07 Å². The lowest BCUT2D eigenvalue weighted by Crippen LogP contribution is -2.07. The summed E-state index contributed by atoms with van der Waals surface area (Å²) in [5, 5.41) is 12.8. The number of rotatable bonds is 2. The molecule has 0 saturated heterocycles. The molecule has 1 aromatic heterocycles. The quantitative estimate of drug-likeness (QED) is 0.408. The third-order valence-corrected chi connectivity index (χ3v) is 2.08. The number of hydrogen-bond donors (Lipinski definition) is 0. The Hall–Kier alpha value is -2.09. The number of methoxy groups -OCH3 is 1. The molecule has 0 saturated carbocycles. The summed E-state index contributed by atoms with van der Waals surface area (Å²) in [5.41, 5.74) is 1.28. The van der Waals surface area contributed by atoms with Crippen molar-refractivity contribution in [1.82, 2.24) is 9.78 Å². The molecule has 1 aromatic rings. The zero-order chi connectivity index (χ0) is 11.4. The van der Waals surface area contributed by atoms with Gasteiger partial charge in [-0.1, -0.05) is 0 Å². The summed E-state index contributed by atoms with van der Waals surface area (Å²) in [6.45, 7) is 1.69. The molecule has 0 amide bonds. The second-order valence-corrected chi connectivity index (χ2v) is 2.94. The minimum atomic E-state index is -0.629. The van der Waals surface area contributed by atoms with Crippen LogP contribution in [0, 0.1) is 11.3 Å². The highest BCUT2D eigenvalue weighted by Crippen LogP contribution is 2.17. The lowest BCUT2D eigenvalue weighted by atomic mass is 10.1. The normalized spacial score (nSPS) is 11.6. The van der Waals surface area contributed by atoms with Crippen molar-refractivity contribution in [3.63, 3.8) is 0 Å². The van der Waals surface area contributed by atoms with Gasteiger partial charge in [0.15, 0.2) is 0 Å². The molecule has 0 atom stereocenters. The monoisotopic (exact) mass is 205 g/mol. The molecule has 0 unspecified atom stereocenters. The molecule has 0 aliphatic heterocycles. The van der Waals surface area contributed by atoms with Gasteiger partial charge in [0.2, 0.25) is 0 Å². The standard InChI is InChI=1S/C10H11N3O2/c1-7(8(6-11)10(14)15-3)9-4-5-12-13(9)2/h4-5H,1-3H3/b8-7+. The Bertz CT molecular complexity index is 451. The minimum absolute atomic E-state index is 0.00102. The van der Waals surface area contributed by atoms with Gasteiger partial charge in [0, 0.05) is 13.2 Å². The predicted octanol–water partition coefficient (Wildman–Crippen LogP) is 0.890. The molecule has 5 heteroatoms. The first-order valence-electron chi connectivity index (χ1n) is 4.29. The number of hydrogen-bond acceptors (Lipinski definition) is 4. The van der Waals surface area contributed by atoms with E-state index in [9.17, 15) is 4.79 Å². The molecule has 15 heavy (non-hydrogen) atoms. The second-order valence-electron chi connectivity index (χ2n) is 2.94. The van der Waals surface area contributed by atoms with Crippen molar-refractivity contribution < 1.29 is 9.53 Å². The van der Waals surface area contributed by atoms with Crippen LogP contribution in [0.3, 0.4) is 0 Å². The van der Waals surface area contributed by atoms with Crippen LogP contribution >= 0.6 is 0 Å². The van der Waals surface area contributed by atoms with E-state index in [1.165, 1.54) is 7.11 Å². The summed E-state index contributed by atoms with van der Waals surface area (Å²) < 4.78 is 6.11. The Morgan fingerprint density at radius 3 is 2.73 bits per heavy atom. The fourth-order valence-electron chi connectivity index (χ4n) is 1.25. The molecular weight excluding hydrogens is 194 g/mol. The maximum Gasteiger partial charge on any atom is 0.348 e. The van der Waals surface area contributed by atoms with Gasteiger partial charge in [-0.3, -0.25) is 4.68 Å². The lowest BCUT2D eigenvalue weighted by molar-refractivity contribution is -0.135. The summed E-state index contributed by atoms with van der Waals surface area (Å²) in [6, 6.07) is 3.56. The Kier molecular flexibility index (Phi) is 3.24. The molecule has 78 valence electrons. The van der Waals surface area contributed by atoms with Crippen LogP contribution in [0.4, 0.5) is 0 Å². The highest BCUT2D eigenvalue weighted by atomic mass is 16.5. The van der Waals surface area contributed by atoms with E-state index in [4.69, 9.17) is 5.26 Å². The number of nitriles is 1. The van der Waals surface area contributed by atoms with E-state index < -0.39 is 5.97 Å². The van der Waals surface area contributed by atoms with Gasteiger partial charge in [0.1, 0.15) is 11.6 Å². The van der Waals surface area contributed by atoms with Crippen LogP contribution in [0.5, 0.6) is 0 Å². The molecule has 0 fully saturated rings.